The van der Waals surface area contributed by atoms with Crippen LogP contribution in [0.2, 0.25) is 0 Å². The number of rotatable bonds is 57. The van der Waals surface area contributed by atoms with Gasteiger partial charge in [-0.05, 0) is 116 Å². The highest BCUT2D eigenvalue weighted by atomic mass is 31.2. The zero-order valence-electron chi connectivity index (χ0n) is 49.6. The van der Waals surface area contributed by atoms with E-state index < -0.39 is 57.8 Å². The van der Waals surface area contributed by atoms with Gasteiger partial charge in [0, 0.05) is 19.3 Å². The second kappa shape index (κ2) is 59.5. The maximum atomic E-state index is 12.9. The van der Waals surface area contributed by atoms with Crippen LogP contribution in [-0.2, 0) is 42.2 Å². The number of ether oxygens (including phenoxy) is 3. The molecule has 78 heavy (non-hydrogen) atoms. The second-order valence-corrected chi connectivity index (χ2v) is 21.9. The minimum atomic E-state index is -4.77. The van der Waals surface area contributed by atoms with Crippen LogP contribution >= 0.6 is 7.82 Å². The number of aliphatic hydroxyl groups is 1. The molecule has 448 valence electrons. The lowest BCUT2D eigenvalue weighted by Crippen LogP contribution is -2.30. The Kier molecular flexibility index (Phi) is 56.8. The average molecular weight is 1110 g/mol. The van der Waals surface area contributed by atoms with Gasteiger partial charge in [0.05, 0.1) is 19.8 Å². The molecule has 0 amide bonds. The Morgan fingerprint density at radius 3 is 1.06 bits per heavy atom. The number of esters is 3. The fourth-order valence-corrected chi connectivity index (χ4v) is 9.08. The summed E-state index contributed by atoms with van der Waals surface area (Å²) < 4.78 is 39.6. The molecule has 0 heterocycles. The molecule has 0 aliphatic carbocycles. The molecule has 0 rings (SSSR count). The highest BCUT2D eigenvalue weighted by molar-refractivity contribution is 7.47. The molecule has 0 saturated carbocycles. The van der Waals surface area contributed by atoms with E-state index in [-0.39, 0.29) is 25.9 Å². The van der Waals surface area contributed by atoms with Crippen LogP contribution in [0.25, 0.3) is 0 Å². The molecule has 11 nitrogen and oxygen atoms in total. The fourth-order valence-electron chi connectivity index (χ4n) is 8.30. The summed E-state index contributed by atoms with van der Waals surface area (Å²) in [6.07, 6.45) is 70.8. The van der Waals surface area contributed by atoms with Crippen LogP contribution < -0.4 is 0 Å². The van der Waals surface area contributed by atoms with E-state index in [1.54, 1.807) is 0 Å². The molecule has 0 aliphatic rings. The van der Waals surface area contributed by atoms with Crippen molar-refractivity contribution >= 4 is 25.7 Å². The van der Waals surface area contributed by atoms with Crippen molar-refractivity contribution in [2.75, 3.05) is 26.4 Å². The average Bonchev–Trinajstić information content (AvgIpc) is 3.43. The first kappa shape index (κ1) is 74.4. The van der Waals surface area contributed by atoms with E-state index in [2.05, 4.69) is 118 Å². The lowest BCUT2D eigenvalue weighted by atomic mass is 10.1. The lowest BCUT2D eigenvalue weighted by molar-refractivity contribution is -0.161. The Labute approximate surface area is 476 Å². The third-order valence-electron chi connectivity index (χ3n) is 13.0. The zero-order valence-corrected chi connectivity index (χ0v) is 50.5. The van der Waals surface area contributed by atoms with Gasteiger partial charge >= 0.3 is 25.7 Å². The third kappa shape index (κ3) is 57.1. The predicted molar refractivity (Wildman–Crippen MR) is 325 cm³/mol. The van der Waals surface area contributed by atoms with Crippen LogP contribution in [0.4, 0.5) is 0 Å². The molecule has 0 aromatic carbocycles. The summed E-state index contributed by atoms with van der Waals surface area (Å²) in [5.74, 6) is -1.52. The SMILES string of the molecule is CC/C=C\C/C=C\C/C=C\C/C=C\CCCCC(=O)OCC(COP(=O)(O)OCC(CO)OC(=O)CCCCCCCCC/C=C\C/C=C\C/C=C\CC)OC(=O)CCCCCCCCCCC/C=C\CCCCCCCC. The largest absolute Gasteiger partial charge is 0.472 e. The monoisotopic (exact) mass is 1110 g/mol. The van der Waals surface area contributed by atoms with E-state index in [0.717, 1.165) is 109 Å². The van der Waals surface area contributed by atoms with Crippen LogP contribution in [0.3, 0.4) is 0 Å². The van der Waals surface area contributed by atoms with Crippen molar-refractivity contribution in [3.63, 3.8) is 0 Å². The molecule has 0 radical (unpaired) electrons. The Bertz CT molecular complexity index is 1680. The molecule has 0 bridgehead atoms. The number of hydrogen-bond acceptors (Lipinski definition) is 10. The molecular formula is C66H113O11P. The summed E-state index contributed by atoms with van der Waals surface area (Å²) in [7, 11) is -4.77. The standard InChI is InChI=1S/C66H113O11P/c1-4-7-10-13-16-19-22-25-28-30-31-33-36-39-42-45-48-51-54-57-66(70)77-63(59-73-64(68)55-52-49-46-43-40-37-34-27-24-21-18-15-12-9-6-3)61-75-78(71,72)74-60-62(58-67)76-65(69)56-53-50-47-44-41-38-35-32-29-26-23-20-17-14-11-8-5-2/h8-9,11-12,17-18,20-21,25-29,34,40,43,62-63,67H,4-7,10,13-16,19,22-24,30-33,35-39,41-42,44-61H2,1-3H3,(H,71,72)/b11-8-,12-9-,20-17-,21-18-,28-25-,29-26-,34-27-,43-40-. The molecule has 2 N–H and O–H groups in total. The van der Waals surface area contributed by atoms with Crippen molar-refractivity contribution in [3.05, 3.63) is 97.2 Å². The fraction of sp³-hybridized carbons (Fsp3) is 0.712. The molecule has 3 atom stereocenters. The van der Waals surface area contributed by atoms with Crippen LogP contribution in [0, 0.1) is 0 Å². The number of carbonyl (C=O) groups excluding carboxylic acids is 3. The Balaban J connectivity index is 4.75. The third-order valence-corrected chi connectivity index (χ3v) is 13.9. The number of unbranched alkanes of at least 4 members (excludes halogenated alkanes) is 24. The van der Waals surface area contributed by atoms with E-state index in [4.69, 9.17) is 23.3 Å². The Morgan fingerprint density at radius 2 is 0.667 bits per heavy atom. The van der Waals surface area contributed by atoms with Gasteiger partial charge < -0.3 is 24.2 Å². The van der Waals surface area contributed by atoms with E-state index in [1.807, 2.05) is 0 Å². The topological polar surface area (TPSA) is 155 Å². The van der Waals surface area contributed by atoms with E-state index in [0.29, 0.717) is 19.3 Å². The summed E-state index contributed by atoms with van der Waals surface area (Å²) >= 11 is 0. The molecule has 0 spiro atoms. The summed E-state index contributed by atoms with van der Waals surface area (Å²) in [5, 5.41) is 9.84. The molecule has 0 aromatic heterocycles. The molecule has 0 aliphatic heterocycles. The predicted octanol–water partition coefficient (Wildman–Crippen LogP) is 18.8. The number of allylic oxidation sites excluding steroid dienone is 16. The van der Waals surface area contributed by atoms with Gasteiger partial charge in [0.25, 0.3) is 0 Å². The van der Waals surface area contributed by atoms with Gasteiger partial charge in [-0.3, -0.25) is 23.4 Å². The van der Waals surface area contributed by atoms with E-state index in [1.165, 1.54) is 96.3 Å². The molecule has 3 unspecified atom stereocenters. The number of phosphoric ester groups is 1. The summed E-state index contributed by atoms with van der Waals surface area (Å²) in [6.45, 7) is 4.38. The summed E-state index contributed by atoms with van der Waals surface area (Å²) in [6, 6.07) is 0. The number of phosphoric acid groups is 1. The number of aliphatic hydroxyl groups excluding tert-OH is 1. The van der Waals surface area contributed by atoms with Crippen molar-refractivity contribution in [2.45, 2.75) is 277 Å². The maximum absolute atomic E-state index is 12.9. The molecule has 12 heteroatoms. The van der Waals surface area contributed by atoms with Crippen molar-refractivity contribution in [3.8, 4) is 0 Å². The zero-order chi connectivity index (χ0) is 56.9. The van der Waals surface area contributed by atoms with Gasteiger partial charge in [-0.15, -0.1) is 0 Å². The first-order valence-corrected chi connectivity index (χ1v) is 32.6. The maximum Gasteiger partial charge on any atom is 0.472 e. The quantitative estimate of drug-likeness (QED) is 0.0197. The van der Waals surface area contributed by atoms with Gasteiger partial charge in [-0.2, -0.15) is 0 Å². The smallest absolute Gasteiger partial charge is 0.462 e. The highest BCUT2D eigenvalue weighted by Gasteiger charge is 2.28. The van der Waals surface area contributed by atoms with E-state index in [9.17, 15) is 28.9 Å². The van der Waals surface area contributed by atoms with Crippen LogP contribution in [0.1, 0.15) is 265 Å². The van der Waals surface area contributed by atoms with Crippen molar-refractivity contribution in [1.82, 2.24) is 0 Å². The molecule has 0 aromatic rings. The summed E-state index contributed by atoms with van der Waals surface area (Å²) in [4.78, 5) is 48.7. The van der Waals surface area contributed by atoms with E-state index >= 15 is 0 Å². The minimum absolute atomic E-state index is 0.152. The molecule has 0 fully saturated rings. The Morgan fingerprint density at radius 1 is 0.372 bits per heavy atom. The number of hydrogen-bond donors (Lipinski definition) is 2. The summed E-state index contributed by atoms with van der Waals surface area (Å²) in [5.41, 5.74) is 0. The van der Waals surface area contributed by atoms with Crippen molar-refractivity contribution in [2.24, 2.45) is 0 Å². The van der Waals surface area contributed by atoms with Crippen LogP contribution in [0.5, 0.6) is 0 Å². The minimum Gasteiger partial charge on any atom is -0.462 e. The lowest BCUT2D eigenvalue weighted by Gasteiger charge is -2.21. The van der Waals surface area contributed by atoms with Gasteiger partial charge in [-0.25, -0.2) is 4.57 Å². The van der Waals surface area contributed by atoms with Gasteiger partial charge in [0.15, 0.2) is 6.10 Å². The van der Waals surface area contributed by atoms with Crippen LogP contribution in [-0.4, -0.2) is 66.5 Å². The first-order chi connectivity index (χ1) is 38.2. The van der Waals surface area contributed by atoms with Crippen molar-refractivity contribution < 1.29 is 52.2 Å². The van der Waals surface area contributed by atoms with Crippen molar-refractivity contribution in [1.29, 1.82) is 0 Å². The number of carbonyl (C=O) groups is 3. The highest BCUT2D eigenvalue weighted by Crippen LogP contribution is 2.43. The van der Waals surface area contributed by atoms with Crippen LogP contribution in [0.15, 0.2) is 97.2 Å². The van der Waals surface area contributed by atoms with Gasteiger partial charge in [0.1, 0.15) is 12.7 Å². The Hall–Kier alpha value is -3.60. The second-order valence-electron chi connectivity index (χ2n) is 20.5. The molecular weight excluding hydrogens is 1000 g/mol. The first-order valence-electron chi connectivity index (χ1n) is 31.1. The van der Waals surface area contributed by atoms with Gasteiger partial charge in [0.2, 0.25) is 0 Å². The molecule has 0 saturated heterocycles. The van der Waals surface area contributed by atoms with Gasteiger partial charge in [-0.1, -0.05) is 227 Å². The normalized spacial score (nSPS) is 14.0.